The van der Waals surface area contributed by atoms with Gasteiger partial charge in [-0.2, -0.15) is 0 Å². The number of amides is 7. The highest BCUT2D eigenvalue weighted by Crippen LogP contribution is 2.25. The van der Waals surface area contributed by atoms with Crippen LogP contribution in [0.4, 0.5) is 4.79 Å². The summed E-state index contributed by atoms with van der Waals surface area (Å²) >= 11 is 0. The van der Waals surface area contributed by atoms with Crippen LogP contribution in [0.15, 0.2) is 60.7 Å². The van der Waals surface area contributed by atoms with Crippen molar-refractivity contribution in [3.63, 3.8) is 0 Å². The number of hydrazine groups is 1. The smallest absolute Gasteiger partial charge is 0.336 e. The monoisotopic (exact) mass is 923 g/mol. The molecule has 7 amide bonds. The Hall–Kier alpha value is -6.57. The third-order valence-electron chi connectivity index (χ3n) is 11.0. The van der Waals surface area contributed by atoms with Gasteiger partial charge in [0.25, 0.3) is 11.8 Å². The van der Waals surface area contributed by atoms with Crippen molar-refractivity contribution in [2.45, 2.75) is 136 Å². The summed E-state index contributed by atoms with van der Waals surface area (Å²) in [7, 11) is 0. The minimum absolute atomic E-state index is 0.0475. The van der Waals surface area contributed by atoms with Crippen LogP contribution in [0, 0.1) is 11.8 Å². The van der Waals surface area contributed by atoms with Crippen molar-refractivity contribution in [1.29, 1.82) is 0 Å². The van der Waals surface area contributed by atoms with Crippen molar-refractivity contribution in [1.82, 2.24) is 36.6 Å². The molecule has 3 rings (SSSR count). The van der Waals surface area contributed by atoms with Gasteiger partial charge in [-0.25, -0.2) is 14.6 Å². The van der Waals surface area contributed by atoms with Gasteiger partial charge in [0.2, 0.25) is 17.7 Å². The Morgan fingerprint density at radius 1 is 0.788 bits per heavy atom. The number of unbranched alkanes of at least 4 members (excludes halogenated alkanes) is 1. The summed E-state index contributed by atoms with van der Waals surface area (Å²) in [6.45, 7) is 11.7. The number of esters is 1. The van der Waals surface area contributed by atoms with Crippen molar-refractivity contribution in [3.8, 4) is 0 Å². The van der Waals surface area contributed by atoms with Gasteiger partial charge in [0.1, 0.15) is 24.2 Å². The fourth-order valence-electron chi connectivity index (χ4n) is 7.07. The third kappa shape index (κ3) is 16.8. The molecule has 0 aromatic heterocycles. The van der Waals surface area contributed by atoms with Gasteiger partial charge in [0, 0.05) is 32.4 Å². The summed E-state index contributed by atoms with van der Waals surface area (Å²) in [6, 6.07) is 11.6. The highest BCUT2D eigenvalue weighted by Gasteiger charge is 2.45. The number of hydrogen-bond donors (Lipinski definition) is 7. The first-order valence-electron chi connectivity index (χ1n) is 22.2. The van der Waals surface area contributed by atoms with Crippen LogP contribution in [0.3, 0.4) is 0 Å². The second-order valence-electron chi connectivity index (χ2n) is 16.7. The molecule has 8 atom stereocenters. The Kier molecular flexibility index (Phi) is 21.5. The molecule has 0 unspecified atom stereocenters. The van der Waals surface area contributed by atoms with Crippen molar-refractivity contribution < 1.29 is 62.8 Å². The number of nitrogens with one attached hydrogen (secondary N) is 5. The first-order valence-corrected chi connectivity index (χ1v) is 22.2. The lowest BCUT2D eigenvalue weighted by atomic mass is 9.98. The number of nitrogens with zero attached hydrogens (tertiary/aromatic N) is 2. The zero-order chi connectivity index (χ0) is 49.1. The molecule has 1 heterocycles. The molecule has 2 aromatic carbocycles. The van der Waals surface area contributed by atoms with Gasteiger partial charge in [0.05, 0.1) is 31.6 Å². The topological polar surface area (TPSA) is 279 Å². The van der Waals surface area contributed by atoms with E-state index in [0.29, 0.717) is 12.8 Å². The van der Waals surface area contributed by atoms with E-state index in [9.17, 15) is 53.4 Å². The van der Waals surface area contributed by atoms with Gasteiger partial charge in [-0.15, -0.1) is 0 Å². The van der Waals surface area contributed by atoms with E-state index in [0.717, 1.165) is 18.1 Å². The van der Waals surface area contributed by atoms with Crippen LogP contribution in [0.1, 0.15) is 104 Å². The molecule has 0 aliphatic carbocycles. The van der Waals surface area contributed by atoms with Gasteiger partial charge in [-0.1, -0.05) is 102 Å². The molecule has 1 aliphatic rings. The quantitative estimate of drug-likeness (QED) is 0.0590. The molecule has 20 nitrogen and oxygen atoms in total. The molecule has 1 aliphatic heterocycles. The molecule has 0 radical (unpaired) electrons. The number of rotatable bonds is 24. The summed E-state index contributed by atoms with van der Waals surface area (Å²) in [4.78, 5) is 120. The maximum atomic E-state index is 14.7. The largest absolute Gasteiger partial charge is 0.481 e. The predicted octanol–water partition coefficient (Wildman–Crippen LogP) is 2.81. The molecule has 0 spiro atoms. The summed E-state index contributed by atoms with van der Waals surface area (Å²) in [5.41, 5.74) is 4.44. The molecule has 2 aromatic rings. The summed E-state index contributed by atoms with van der Waals surface area (Å²) in [5.74, 6) is -9.90. The molecule has 66 heavy (non-hydrogen) atoms. The number of likely N-dealkylation sites (tertiary alicyclic amines) is 1. The third-order valence-corrected chi connectivity index (χ3v) is 11.0. The average molecular weight is 924 g/mol. The normalized spacial score (nSPS) is 17.2. The predicted molar refractivity (Wildman–Crippen MR) is 238 cm³/mol. The van der Waals surface area contributed by atoms with Crippen molar-refractivity contribution in [3.05, 3.63) is 71.8 Å². The Morgan fingerprint density at radius 3 is 1.95 bits per heavy atom. The van der Waals surface area contributed by atoms with E-state index in [-0.39, 0.29) is 32.5 Å². The summed E-state index contributed by atoms with van der Waals surface area (Å²) in [5, 5.41) is 29.9. The van der Waals surface area contributed by atoms with E-state index in [1.165, 1.54) is 9.91 Å². The molecule has 0 saturated carbocycles. The maximum Gasteiger partial charge on any atom is 0.336 e. The molecule has 1 saturated heterocycles. The molecule has 7 N–H and O–H groups in total. The molecular formula is C46H65N7O13. The molecule has 20 heteroatoms. The number of carbonyl (C=O) groups excluding carboxylic acids is 7. The first-order chi connectivity index (χ1) is 31.2. The number of aliphatic carboxylic acids is 2. The van der Waals surface area contributed by atoms with Crippen molar-refractivity contribution >= 4 is 53.5 Å². The number of hydrogen-bond acceptors (Lipinski definition) is 11. The SMILES string of the molecule is CCCCN(NC(=O)[C@H]1C[C@@H](OCc2ccccc2)CN1C(=O)[C@@H](NC(=O)[C@@H](OC(=O)[C@@H](CC(=O)O)NC(=O)[C@H](CC(=O)O)NC(C)=O)[C@H](C)CC)C(C)C)C(=O)N[C@@H](C)c1ccccc1. The van der Waals surface area contributed by atoms with Crippen LogP contribution in [0.5, 0.6) is 0 Å². The van der Waals surface area contributed by atoms with Crippen LogP contribution in [-0.2, 0) is 54.4 Å². The number of ether oxygens (including phenoxy) is 2. The van der Waals surface area contributed by atoms with Crippen molar-refractivity contribution in [2.75, 3.05) is 13.1 Å². The van der Waals surface area contributed by atoms with E-state index in [1.54, 1.807) is 27.7 Å². The number of carboxylic acid groups (broad SMARTS) is 2. The minimum atomic E-state index is -1.92. The second kappa shape index (κ2) is 26.4. The number of carbonyl (C=O) groups is 9. The van der Waals surface area contributed by atoms with Gasteiger partial charge in [0.15, 0.2) is 6.10 Å². The van der Waals surface area contributed by atoms with Gasteiger partial charge in [-0.3, -0.25) is 39.0 Å². The van der Waals surface area contributed by atoms with E-state index in [2.05, 4.69) is 26.7 Å². The maximum absolute atomic E-state index is 14.7. The number of carboxylic acids is 2. The van der Waals surface area contributed by atoms with Crippen LogP contribution in [0.25, 0.3) is 0 Å². The summed E-state index contributed by atoms with van der Waals surface area (Å²) < 4.78 is 11.8. The lowest BCUT2D eigenvalue weighted by Crippen LogP contribution is -2.60. The zero-order valence-electron chi connectivity index (χ0n) is 38.6. The fraction of sp³-hybridized carbons (Fsp3) is 0.543. The molecule has 0 bridgehead atoms. The Labute approximate surface area is 384 Å². The molecule has 362 valence electrons. The van der Waals surface area contributed by atoms with E-state index in [4.69, 9.17) is 9.47 Å². The fourth-order valence-corrected chi connectivity index (χ4v) is 7.07. The summed E-state index contributed by atoms with van der Waals surface area (Å²) in [6.07, 6.45) is -2.61. The molecular weight excluding hydrogens is 859 g/mol. The highest BCUT2D eigenvalue weighted by atomic mass is 16.6. The van der Waals surface area contributed by atoms with E-state index in [1.807, 2.05) is 74.5 Å². The Balaban J connectivity index is 1.90. The Bertz CT molecular complexity index is 1970. The number of benzene rings is 2. The van der Waals surface area contributed by atoms with Gasteiger partial charge < -0.3 is 45.9 Å². The number of urea groups is 1. The minimum Gasteiger partial charge on any atom is -0.481 e. The van der Waals surface area contributed by atoms with Gasteiger partial charge >= 0.3 is 23.9 Å². The first kappa shape index (κ1) is 53.8. The van der Waals surface area contributed by atoms with Crippen LogP contribution in [-0.4, -0.2) is 123 Å². The van der Waals surface area contributed by atoms with Gasteiger partial charge in [-0.05, 0) is 36.8 Å². The van der Waals surface area contributed by atoms with Crippen LogP contribution < -0.4 is 26.7 Å². The van der Waals surface area contributed by atoms with Crippen molar-refractivity contribution in [2.24, 2.45) is 11.8 Å². The zero-order valence-corrected chi connectivity index (χ0v) is 38.6. The second-order valence-corrected chi connectivity index (χ2v) is 16.7. The van der Waals surface area contributed by atoms with Crippen LogP contribution >= 0.6 is 0 Å². The lowest BCUT2D eigenvalue weighted by Gasteiger charge is -2.33. The molecule has 1 fully saturated rings. The van der Waals surface area contributed by atoms with E-state index < -0.39 is 121 Å². The van der Waals surface area contributed by atoms with Crippen LogP contribution in [0.2, 0.25) is 0 Å². The highest BCUT2D eigenvalue weighted by molar-refractivity contribution is 5.96. The van der Waals surface area contributed by atoms with E-state index >= 15 is 0 Å². The Morgan fingerprint density at radius 2 is 1.39 bits per heavy atom. The lowest BCUT2D eigenvalue weighted by molar-refractivity contribution is -0.164. The standard InChI is InChI=1S/C46H65N7O13/c1-8-10-21-53(46(64)47-29(6)32-19-15-12-16-20-32)51-42(60)36-22-33(65-26-31-17-13-11-14-18-31)25-52(36)44(62)39(27(3)4)50-43(61)40(28(5)9-2)66-45(63)35(24-38(57)58)49-41(59)34(23-37(55)56)48-30(7)54/h11-20,27-29,33-36,39-40H,8-10,21-26H2,1-7H3,(H,47,64)(H,48,54)(H,49,59)(H,50,61)(H,51,60)(H,55,56)(H,57,58)/t28-,29+,33-,34+,35-,36-,39+,40+/m1/s1. The average Bonchev–Trinajstić information content (AvgIpc) is 3.71.